The highest BCUT2D eigenvalue weighted by Crippen LogP contribution is 2.44. The van der Waals surface area contributed by atoms with Crippen molar-refractivity contribution in [1.82, 2.24) is 9.13 Å². The molecule has 6 nitrogen and oxygen atoms in total. The molecule has 10 aromatic rings. The summed E-state index contributed by atoms with van der Waals surface area (Å²) in [6.07, 6.45) is -4.72. The smallest absolute Gasteiger partial charge is 0.308 e. The Kier molecular flexibility index (Phi) is 8.70. The molecule has 2 aromatic heterocycles. The van der Waals surface area contributed by atoms with Gasteiger partial charge in [0.25, 0.3) is 0 Å². The van der Waals surface area contributed by atoms with E-state index in [1.807, 2.05) is 130 Å². The Morgan fingerprint density at radius 2 is 0.984 bits per heavy atom. The number of benzene rings is 8. The lowest BCUT2D eigenvalue weighted by atomic mass is 9.97. The standard InChI is InChI=1S/C53H27F3N6/c1-59-38-24-35(23-37(29-38)53(54,55)56)36-27-51(61-47-17-9-6-14-41(47)43-25-32(19-21-49(43)61)39-12-4-3-11-34(39)30-57)45(31-58)52(28-36)62-48-18-10-7-15-42(48)44-26-33(20-22-50(44)62)40-13-5-8-16-46(40)60-2/h3-29H. The van der Waals surface area contributed by atoms with Gasteiger partial charge in [0.1, 0.15) is 11.6 Å². The molecule has 9 heteroatoms. The van der Waals surface area contributed by atoms with Crippen molar-refractivity contribution in [3.63, 3.8) is 0 Å². The number of hydrogen-bond donors (Lipinski definition) is 0. The molecule has 0 aliphatic heterocycles. The fourth-order valence-corrected chi connectivity index (χ4v) is 8.70. The van der Waals surface area contributed by atoms with Crippen LogP contribution in [0.3, 0.4) is 0 Å². The van der Waals surface area contributed by atoms with Crippen molar-refractivity contribution < 1.29 is 13.2 Å². The van der Waals surface area contributed by atoms with E-state index in [2.05, 4.69) is 21.8 Å². The number of alkyl halides is 3. The molecule has 0 radical (unpaired) electrons. The van der Waals surface area contributed by atoms with Crippen LogP contribution in [-0.4, -0.2) is 9.13 Å². The number of halogens is 3. The third kappa shape index (κ3) is 5.93. The lowest BCUT2D eigenvalue weighted by Crippen LogP contribution is -2.06. The van der Waals surface area contributed by atoms with Crippen LogP contribution in [0.4, 0.5) is 24.5 Å². The normalized spacial score (nSPS) is 11.4. The molecule has 0 fully saturated rings. The number of nitrogens with zero attached hydrogens (tertiary/aromatic N) is 6. The third-order valence-electron chi connectivity index (χ3n) is 11.4. The SMILES string of the molecule is [C-]#[N+]c1cc(-c2cc(-n3c4ccccc4c4cc(-c5ccccc5C#N)ccc43)c(C#N)c(-n3c4ccccc4c4cc(-c5ccccc5[N+]#[C-])ccc43)c2)cc(C(F)(F)F)c1. The quantitative estimate of drug-likeness (QED) is 0.163. The highest BCUT2D eigenvalue weighted by molar-refractivity contribution is 6.13. The van der Waals surface area contributed by atoms with Gasteiger partial charge < -0.3 is 9.13 Å². The summed E-state index contributed by atoms with van der Waals surface area (Å²) in [6.45, 7) is 15.5. The van der Waals surface area contributed by atoms with Gasteiger partial charge in [-0.1, -0.05) is 91.0 Å². The minimum absolute atomic E-state index is 0.160. The second-order valence-electron chi connectivity index (χ2n) is 14.8. The number of fused-ring (bicyclic) bond motifs is 6. The minimum Gasteiger partial charge on any atom is -0.308 e. The number of rotatable bonds is 5. The number of hydrogen-bond acceptors (Lipinski definition) is 2. The molecule has 2 heterocycles. The summed E-state index contributed by atoms with van der Waals surface area (Å²) in [5.74, 6) is 0. The van der Waals surface area contributed by atoms with Crippen molar-refractivity contribution >= 4 is 55.0 Å². The van der Waals surface area contributed by atoms with E-state index in [-0.39, 0.29) is 16.8 Å². The second-order valence-corrected chi connectivity index (χ2v) is 14.8. The average Bonchev–Trinajstić information content (AvgIpc) is 3.82. The van der Waals surface area contributed by atoms with Gasteiger partial charge in [0, 0.05) is 27.1 Å². The molecule has 10 rings (SSSR count). The van der Waals surface area contributed by atoms with Crippen LogP contribution in [0.5, 0.6) is 0 Å². The molecule has 62 heavy (non-hydrogen) atoms. The first kappa shape index (κ1) is 37.4. The van der Waals surface area contributed by atoms with Crippen LogP contribution in [0.25, 0.3) is 98.1 Å². The fraction of sp³-hybridized carbons (Fsp3) is 0.0189. The van der Waals surface area contributed by atoms with Crippen molar-refractivity contribution in [1.29, 1.82) is 10.5 Å². The van der Waals surface area contributed by atoms with Crippen molar-refractivity contribution in [2.45, 2.75) is 6.18 Å². The maximum atomic E-state index is 14.4. The number of nitriles is 2. The highest BCUT2D eigenvalue weighted by atomic mass is 19.4. The van der Waals surface area contributed by atoms with Crippen molar-refractivity contribution in [2.24, 2.45) is 0 Å². The van der Waals surface area contributed by atoms with Gasteiger partial charge in [-0.2, -0.15) is 23.7 Å². The minimum atomic E-state index is -4.72. The van der Waals surface area contributed by atoms with E-state index < -0.39 is 11.7 Å². The largest absolute Gasteiger partial charge is 0.415 e. The van der Waals surface area contributed by atoms with Gasteiger partial charge in [0.15, 0.2) is 11.4 Å². The molecule has 0 saturated heterocycles. The van der Waals surface area contributed by atoms with E-state index in [9.17, 15) is 23.7 Å². The predicted octanol–water partition coefficient (Wildman–Crippen LogP) is 14.7. The van der Waals surface area contributed by atoms with Crippen LogP contribution >= 0.6 is 0 Å². The van der Waals surface area contributed by atoms with Crippen LogP contribution in [0.1, 0.15) is 16.7 Å². The van der Waals surface area contributed by atoms with Gasteiger partial charge in [-0.05, 0) is 106 Å². The van der Waals surface area contributed by atoms with Crippen molar-refractivity contribution in [3.8, 4) is 56.9 Å². The van der Waals surface area contributed by atoms with Gasteiger partial charge in [-0.15, -0.1) is 0 Å². The fourth-order valence-electron chi connectivity index (χ4n) is 8.70. The topological polar surface area (TPSA) is 66.2 Å². The van der Waals surface area contributed by atoms with Gasteiger partial charge in [0.05, 0.1) is 58.2 Å². The van der Waals surface area contributed by atoms with Crippen LogP contribution in [-0.2, 0) is 6.18 Å². The van der Waals surface area contributed by atoms with E-state index in [0.717, 1.165) is 78.0 Å². The van der Waals surface area contributed by atoms with Crippen LogP contribution < -0.4 is 0 Å². The Labute approximate surface area is 353 Å². The average molecular weight is 805 g/mol. The summed E-state index contributed by atoms with van der Waals surface area (Å²) in [4.78, 5) is 7.16. The summed E-state index contributed by atoms with van der Waals surface area (Å²) in [5, 5.41) is 24.7. The molecule has 0 aliphatic rings. The van der Waals surface area contributed by atoms with E-state index >= 15 is 0 Å². The lowest BCUT2D eigenvalue weighted by molar-refractivity contribution is -0.137. The summed E-state index contributed by atoms with van der Waals surface area (Å²) < 4.78 is 47.3. The van der Waals surface area contributed by atoms with Crippen LogP contribution in [0, 0.1) is 35.8 Å². The molecular formula is C53H27F3N6. The molecule has 8 aromatic carbocycles. The zero-order valence-electron chi connectivity index (χ0n) is 32.4. The lowest BCUT2D eigenvalue weighted by Gasteiger charge is -2.19. The number of aromatic nitrogens is 2. The van der Waals surface area contributed by atoms with E-state index in [1.165, 1.54) is 6.07 Å². The summed E-state index contributed by atoms with van der Waals surface area (Å²) >= 11 is 0. The Morgan fingerprint density at radius 1 is 0.468 bits per heavy atom. The first-order valence-corrected chi connectivity index (χ1v) is 19.4. The van der Waals surface area contributed by atoms with Gasteiger partial charge in [0.2, 0.25) is 0 Å². The Hall–Kier alpha value is -8.89. The predicted molar refractivity (Wildman–Crippen MR) is 238 cm³/mol. The second kappa shape index (κ2) is 14.4. The molecule has 0 amide bonds. The first-order valence-electron chi connectivity index (χ1n) is 19.4. The van der Waals surface area contributed by atoms with Crippen molar-refractivity contribution in [2.75, 3.05) is 0 Å². The molecule has 0 spiro atoms. The zero-order valence-corrected chi connectivity index (χ0v) is 32.4. The van der Waals surface area contributed by atoms with E-state index in [4.69, 9.17) is 13.1 Å². The molecule has 290 valence electrons. The maximum Gasteiger partial charge on any atom is 0.415 e. The van der Waals surface area contributed by atoms with E-state index in [0.29, 0.717) is 28.2 Å². The Bertz CT molecular complexity index is 3500. The van der Waals surface area contributed by atoms with Crippen LogP contribution in [0.15, 0.2) is 164 Å². The maximum absolute atomic E-state index is 14.4. The molecule has 0 N–H and O–H groups in total. The number of para-hydroxylation sites is 3. The summed E-state index contributed by atoms with van der Waals surface area (Å²) in [6, 6.07) is 53.6. The monoisotopic (exact) mass is 804 g/mol. The van der Waals surface area contributed by atoms with Gasteiger partial charge >= 0.3 is 6.18 Å². The molecule has 0 bridgehead atoms. The summed E-state index contributed by atoms with van der Waals surface area (Å²) in [5.41, 5.74) is 7.71. The van der Waals surface area contributed by atoms with Crippen LogP contribution in [0.2, 0.25) is 0 Å². The molecule has 0 saturated carbocycles. The highest BCUT2D eigenvalue weighted by Gasteiger charge is 2.32. The third-order valence-corrected chi connectivity index (χ3v) is 11.4. The van der Waals surface area contributed by atoms with E-state index in [1.54, 1.807) is 24.3 Å². The Morgan fingerprint density at radius 3 is 1.55 bits per heavy atom. The molecular weight excluding hydrogens is 778 g/mol. The summed E-state index contributed by atoms with van der Waals surface area (Å²) in [7, 11) is 0. The van der Waals surface area contributed by atoms with Crippen molar-refractivity contribution in [3.05, 3.63) is 203 Å². The zero-order chi connectivity index (χ0) is 42.7. The first-order chi connectivity index (χ1) is 30.2. The Balaban J connectivity index is 1.32. The van der Waals surface area contributed by atoms with Gasteiger partial charge in [-0.3, -0.25) is 0 Å². The van der Waals surface area contributed by atoms with Gasteiger partial charge in [-0.25, -0.2) is 9.69 Å². The molecule has 0 aliphatic carbocycles. The molecule has 0 atom stereocenters. The molecule has 0 unspecified atom stereocenters.